The van der Waals surface area contributed by atoms with E-state index in [0.717, 1.165) is 11.9 Å². The Morgan fingerprint density at radius 1 is 1.00 bits per heavy atom. The molecule has 0 spiro atoms. The smallest absolute Gasteiger partial charge is 0.0133 e. The molecule has 2 heteroatoms. The third kappa shape index (κ3) is 8.76. The summed E-state index contributed by atoms with van der Waals surface area (Å²) in [7, 11) is 0. The second-order valence-corrected chi connectivity index (χ2v) is 6.35. The zero-order chi connectivity index (χ0) is 10.5. The number of hydrogen-bond acceptors (Lipinski definition) is 1. The van der Waals surface area contributed by atoms with Crippen LogP contribution in [0.5, 0.6) is 0 Å². The second kappa shape index (κ2) is 5.35. The molecule has 1 nitrogen and oxygen atoms in total. The molecule has 0 saturated carbocycles. The zero-order valence-electron chi connectivity index (χ0n) is 9.71. The number of halogens is 1. The van der Waals surface area contributed by atoms with Crippen molar-refractivity contribution in [3.63, 3.8) is 0 Å². The quantitative estimate of drug-likeness (QED) is 0.735. The Bertz CT molecular complexity index is 136. The fourth-order valence-electron chi connectivity index (χ4n) is 1.10. The molecule has 1 N–H and O–H groups in total. The summed E-state index contributed by atoms with van der Waals surface area (Å²) < 4.78 is 0. The predicted molar refractivity (Wildman–Crippen MR) is 64.6 cm³/mol. The van der Waals surface area contributed by atoms with Crippen molar-refractivity contribution in [3.05, 3.63) is 0 Å². The first-order valence-corrected chi connectivity index (χ1v) is 6.20. The third-order valence-electron chi connectivity index (χ3n) is 2.20. The van der Waals surface area contributed by atoms with Gasteiger partial charge in [-0.1, -0.05) is 36.7 Å². The van der Waals surface area contributed by atoms with Gasteiger partial charge in [-0.25, -0.2) is 0 Å². The van der Waals surface area contributed by atoms with Crippen LogP contribution in [0.2, 0.25) is 0 Å². The van der Waals surface area contributed by atoms with E-state index in [1.165, 1.54) is 12.8 Å². The summed E-state index contributed by atoms with van der Waals surface area (Å²) in [6.45, 7) is 12.5. The normalized spacial score (nSPS) is 13.4. The SMILES string of the molecule is CC(C)(C)CCNC(C)(C)CCBr. The van der Waals surface area contributed by atoms with E-state index in [1.54, 1.807) is 0 Å². The lowest BCUT2D eigenvalue weighted by molar-refractivity contribution is 0.316. The van der Waals surface area contributed by atoms with Crippen molar-refractivity contribution in [3.8, 4) is 0 Å². The Kier molecular flexibility index (Phi) is 5.53. The fraction of sp³-hybridized carbons (Fsp3) is 1.00. The van der Waals surface area contributed by atoms with Gasteiger partial charge in [-0.05, 0) is 38.6 Å². The van der Waals surface area contributed by atoms with Crippen LogP contribution in [0, 0.1) is 5.41 Å². The fourth-order valence-corrected chi connectivity index (χ4v) is 2.09. The van der Waals surface area contributed by atoms with E-state index in [9.17, 15) is 0 Å². The molecule has 0 rings (SSSR count). The van der Waals surface area contributed by atoms with Crippen molar-refractivity contribution in [2.75, 3.05) is 11.9 Å². The van der Waals surface area contributed by atoms with Crippen LogP contribution >= 0.6 is 15.9 Å². The van der Waals surface area contributed by atoms with Gasteiger partial charge in [0.05, 0.1) is 0 Å². The molecule has 80 valence electrons. The molecule has 0 aliphatic carbocycles. The van der Waals surface area contributed by atoms with Gasteiger partial charge in [0.15, 0.2) is 0 Å². The molecule has 13 heavy (non-hydrogen) atoms. The topological polar surface area (TPSA) is 12.0 Å². The lowest BCUT2D eigenvalue weighted by atomic mass is 9.91. The van der Waals surface area contributed by atoms with Crippen molar-refractivity contribution in [2.45, 2.75) is 53.0 Å². The van der Waals surface area contributed by atoms with E-state index in [4.69, 9.17) is 0 Å². The minimum Gasteiger partial charge on any atom is -0.312 e. The lowest BCUT2D eigenvalue weighted by Crippen LogP contribution is -2.41. The zero-order valence-corrected chi connectivity index (χ0v) is 11.3. The van der Waals surface area contributed by atoms with Gasteiger partial charge in [0, 0.05) is 10.9 Å². The highest BCUT2D eigenvalue weighted by Gasteiger charge is 2.17. The van der Waals surface area contributed by atoms with Crippen LogP contribution in [0.25, 0.3) is 0 Å². The van der Waals surface area contributed by atoms with Crippen LogP contribution in [0.15, 0.2) is 0 Å². The van der Waals surface area contributed by atoms with E-state index in [2.05, 4.69) is 55.9 Å². The molecule has 0 aromatic heterocycles. The highest BCUT2D eigenvalue weighted by Crippen LogP contribution is 2.18. The van der Waals surface area contributed by atoms with Crippen LogP contribution in [-0.2, 0) is 0 Å². The van der Waals surface area contributed by atoms with Crippen molar-refractivity contribution in [1.82, 2.24) is 5.32 Å². The van der Waals surface area contributed by atoms with Crippen LogP contribution in [0.1, 0.15) is 47.5 Å². The molecule has 0 fully saturated rings. The van der Waals surface area contributed by atoms with Crippen LogP contribution in [0.3, 0.4) is 0 Å². The Balaban J connectivity index is 3.63. The summed E-state index contributed by atoms with van der Waals surface area (Å²) in [5.41, 5.74) is 0.715. The average molecular weight is 250 g/mol. The van der Waals surface area contributed by atoms with E-state index < -0.39 is 0 Å². The van der Waals surface area contributed by atoms with E-state index in [1.807, 2.05) is 0 Å². The maximum atomic E-state index is 3.59. The van der Waals surface area contributed by atoms with Gasteiger partial charge in [0.2, 0.25) is 0 Å². The van der Waals surface area contributed by atoms with Gasteiger partial charge >= 0.3 is 0 Å². The maximum absolute atomic E-state index is 3.59. The van der Waals surface area contributed by atoms with Crippen LogP contribution in [0.4, 0.5) is 0 Å². The van der Waals surface area contributed by atoms with E-state index in [0.29, 0.717) is 5.41 Å². The maximum Gasteiger partial charge on any atom is 0.0133 e. The molecule has 0 aromatic rings. The number of rotatable bonds is 5. The summed E-state index contributed by atoms with van der Waals surface area (Å²) in [5, 5.41) is 4.66. The predicted octanol–water partition coefficient (Wildman–Crippen LogP) is 3.58. The molecule has 0 radical (unpaired) electrons. The van der Waals surface area contributed by atoms with Gasteiger partial charge < -0.3 is 5.32 Å². The highest BCUT2D eigenvalue weighted by atomic mass is 79.9. The molecule has 0 aliphatic rings. The molecule has 0 unspecified atom stereocenters. The molecule has 0 aliphatic heterocycles. The molecule has 0 heterocycles. The summed E-state index contributed by atoms with van der Waals surface area (Å²) >= 11 is 3.48. The number of alkyl halides is 1. The summed E-state index contributed by atoms with van der Waals surface area (Å²) in [6.07, 6.45) is 2.41. The van der Waals surface area contributed by atoms with Gasteiger partial charge in [-0.15, -0.1) is 0 Å². The first kappa shape index (κ1) is 13.4. The highest BCUT2D eigenvalue weighted by molar-refractivity contribution is 9.09. The molecule has 0 saturated heterocycles. The molecular formula is C11H24BrN. The summed E-state index contributed by atoms with van der Waals surface area (Å²) in [4.78, 5) is 0. The minimum atomic E-state index is 0.273. The van der Waals surface area contributed by atoms with Gasteiger partial charge in [0.25, 0.3) is 0 Å². The molecule has 0 amide bonds. The Hall–Kier alpha value is 0.440. The molecular weight excluding hydrogens is 226 g/mol. The van der Waals surface area contributed by atoms with Crippen molar-refractivity contribution >= 4 is 15.9 Å². The van der Waals surface area contributed by atoms with Crippen molar-refractivity contribution in [1.29, 1.82) is 0 Å². The van der Waals surface area contributed by atoms with Gasteiger partial charge in [0.1, 0.15) is 0 Å². The minimum absolute atomic E-state index is 0.273. The Morgan fingerprint density at radius 3 is 1.92 bits per heavy atom. The monoisotopic (exact) mass is 249 g/mol. The van der Waals surface area contributed by atoms with Crippen molar-refractivity contribution < 1.29 is 0 Å². The number of hydrogen-bond donors (Lipinski definition) is 1. The summed E-state index contributed by atoms with van der Waals surface area (Å²) in [6, 6.07) is 0. The lowest BCUT2D eigenvalue weighted by Gasteiger charge is -2.28. The summed E-state index contributed by atoms with van der Waals surface area (Å²) in [5.74, 6) is 0. The molecule has 0 aromatic carbocycles. The van der Waals surface area contributed by atoms with Gasteiger partial charge in [-0.3, -0.25) is 0 Å². The third-order valence-corrected chi connectivity index (χ3v) is 2.59. The van der Waals surface area contributed by atoms with E-state index >= 15 is 0 Å². The van der Waals surface area contributed by atoms with Crippen LogP contribution < -0.4 is 5.32 Å². The van der Waals surface area contributed by atoms with Crippen molar-refractivity contribution in [2.24, 2.45) is 5.41 Å². The van der Waals surface area contributed by atoms with Gasteiger partial charge in [-0.2, -0.15) is 0 Å². The van der Waals surface area contributed by atoms with Crippen LogP contribution in [-0.4, -0.2) is 17.4 Å². The Labute approximate surface area is 91.8 Å². The molecule has 0 atom stereocenters. The van der Waals surface area contributed by atoms with E-state index in [-0.39, 0.29) is 5.54 Å². The first-order chi connectivity index (χ1) is 5.77. The Morgan fingerprint density at radius 2 is 1.54 bits per heavy atom. The first-order valence-electron chi connectivity index (χ1n) is 5.08. The standard InChI is InChI=1S/C11H24BrN/c1-10(2,3)7-9-13-11(4,5)6-8-12/h13H,6-9H2,1-5H3. The second-order valence-electron chi connectivity index (χ2n) is 5.56. The average Bonchev–Trinajstić information content (AvgIpc) is 1.82. The number of nitrogens with one attached hydrogen (secondary N) is 1. The molecule has 0 bridgehead atoms. The largest absolute Gasteiger partial charge is 0.312 e.